The smallest absolute Gasteiger partial charge is 0.305 e. The zero-order chi connectivity index (χ0) is 26.8. The van der Waals surface area contributed by atoms with Crippen LogP contribution in [-0.4, -0.2) is 38.3 Å². The van der Waals surface area contributed by atoms with Gasteiger partial charge in [0.1, 0.15) is 5.01 Å². The fraction of sp³-hybridized carbons (Fsp3) is 0.143. The number of benzene rings is 3. The summed E-state index contributed by atoms with van der Waals surface area (Å²) in [5.74, 6) is -1.28. The third-order valence-electron chi connectivity index (χ3n) is 5.87. The highest BCUT2D eigenvalue weighted by atomic mass is 35.5. The lowest BCUT2D eigenvalue weighted by Crippen LogP contribution is -2.25. The van der Waals surface area contributed by atoms with Gasteiger partial charge in [0, 0.05) is 27.7 Å². The van der Waals surface area contributed by atoms with Crippen molar-refractivity contribution >= 4 is 56.6 Å². The van der Waals surface area contributed by atoms with Crippen molar-refractivity contribution < 1.29 is 14.7 Å². The molecule has 10 heteroatoms. The number of fused-ring (bicyclic) bond motifs is 1. The van der Waals surface area contributed by atoms with Crippen LogP contribution < -0.4 is 5.32 Å². The number of nitrogens with zero attached hydrogens (tertiary/aromatic N) is 3. The molecule has 2 heterocycles. The Balaban J connectivity index is 1.47. The molecule has 0 fully saturated rings. The van der Waals surface area contributed by atoms with Crippen molar-refractivity contribution in [1.29, 1.82) is 0 Å². The van der Waals surface area contributed by atoms with Crippen LogP contribution in [0.5, 0.6) is 0 Å². The summed E-state index contributed by atoms with van der Waals surface area (Å²) in [5.41, 5.74) is 5.85. The number of aryl methyl sites for hydroxylation is 1. The summed E-state index contributed by atoms with van der Waals surface area (Å²) < 4.78 is 2.98. The summed E-state index contributed by atoms with van der Waals surface area (Å²) in [5, 5.41) is 18.1. The van der Waals surface area contributed by atoms with Crippen molar-refractivity contribution in [2.24, 2.45) is 0 Å². The molecular formula is C28H22Cl2N4O3S. The Morgan fingerprint density at radius 1 is 1.00 bits per heavy atom. The Morgan fingerprint density at radius 2 is 1.74 bits per heavy atom. The third-order valence-corrected chi connectivity index (χ3v) is 7.35. The molecule has 0 saturated carbocycles. The van der Waals surface area contributed by atoms with Gasteiger partial charge in [0.2, 0.25) is 0 Å². The average Bonchev–Trinajstić information content (AvgIpc) is 3.47. The second-order valence-corrected chi connectivity index (χ2v) is 10.7. The van der Waals surface area contributed by atoms with Gasteiger partial charge in [-0.3, -0.25) is 14.3 Å². The zero-order valence-corrected chi connectivity index (χ0v) is 22.6. The van der Waals surface area contributed by atoms with E-state index in [-0.39, 0.29) is 18.9 Å². The molecule has 5 aromatic rings. The van der Waals surface area contributed by atoms with E-state index in [1.165, 1.54) is 5.56 Å². The molecular weight excluding hydrogens is 543 g/mol. The summed E-state index contributed by atoms with van der Waals surface area (Å²) >= 11 is 14.1. The van der Waals surface area contributed by atoms with E-state index in [4.69, 9.17) is 38.4 Å². The quantitative estimate of drug-likeness (QED) is 0.218. The first kappa shape index (κ1) is 25.9. The zero-order valence-electron chi connectivity index (χ0n) is 20.2. The maximum absolute atomic E-state index is 12.3. The topological polar surface area (TPSA) is 97.1 Å². The van der Waals surface area contributed by atoms with Crippen molar-refractivity contribution in [1.82, 2.24) is 20.1 Å². The Labute approximate surface area is 232 Å². The molecule has 0 atom stereocenters. The predicted octanol–water partition coefficient (Wildman–Crippen LogP) is 6.69. The summed E-state index contributed by atoms with van der Waals surface area (Å²) in [6.45, 7) is 2.57. The highest BCUT2D eigenvalue weighted by Gasteiger charge is 2.17. The Hall–Kier alpha value is -3.72. The number of halogens is 2. The molecule has 192 valence electrons. The van der Waals surface area contributed by atoms with E-state index in [9.17, 15) is 9.59 Å². The number of hydrogen-bond acceptors (Lipinski definition) is 5. The molecule has 0 aliphatic rings. The number of hydrogen-bond donors (Lipinski definition) is 2. The fourth-order valence-electron chi connectivity index (χ4n) is 4.01. The first-order valence-electron chi connectivity index (χ1n) is 11.8. The van der Waals surface area contributed by atoms with Gasteiger partial charge < -0.3 is 10.4 Å². The van der Waals surface area contributed by atoms with Crippen LogP contribution in [0.4, 0.5) is 0 Å². The molecule has 0 bridgehead atoms. The number of aliphatic carboxylic acids is 1. The van der Waals surface area contributed by atoms with Crippen LogP contribution in [0, 0.1) is 6.92 Å². The first-order chi connectivity index (χ1) is 18.2. The summed E-state index contributed by atoms with van der Waals surface area (Å²) in [6, 6.07) is 20.6. The van der Waals surface area contributed by atoms with E-state index in [1.54, 1.807) is 29.5 Å². The van der Waals surface area contributed by atoms with Gasteiger partial charge in [0.15, 0.2) is 0 Å². The number of rotatable bonds is 8. The number of carboxylic acid groups (broad SMARTS) is 1. The standard InChI is InChI=1S/C28H22Cl2N4O3S/c1-16-2-7-22-25(10-16)38-28(32-22)24-14-23(19-11-20(29)13-21(30)12-19)33-34(24)15-17-3-5-18(6-4-17)27(37)31-9-8-26(35)36/h2-7,10-14H,8-9,15H2,1H3,(H,31,37)(H,35,36). The fourth-order valence-corrected chi connectivity index (χ4v) is 5.62. The molecule has 1 amide bonds. The lowest BCUT2D eigenvalue weighted by Gasteiger charge is -2.08. The molecule has 38 heavy (non-hydrogen) atoms. The second kappa shape index (κ2) is 10.9. The van der Waals surface area contributed by atoms with E-state index in [0.717, 1.165) is 32.0 Å². The molecule has 2 aromatic heterocycles. The third kappa shape index (κ3) is 5.88. The number of aromatic nitrogens is 3. The number of nitrogens with one attached hydrogen (secondary N) is 1. The number of carbonyl (C=O) groups excluding carboxylic acids is 1. The van der Waals surface area contributed by atoms with E-state index in [2.05, 4.69) is 18.3 Å². The van der Waals surface area contributed by atoms with Crippen molar-refractivity contribution in [3.05, 3.63) is 93.5 Å². The van der Waals surface area contributed by atoms with Crippen LogP contribution in [0.25, 0.3) is 32.2 Å². The minimum Gasteiger partial charge on any atom is -0.481 e. The van der Waals surface area contributed by atoms with Crippen LogP contribution >= 0.6 is 34.5 Å². The number of carboxylic acids is 1. The van der Waals surface area contributed by atoms with Crippen LogP contribution in [0.2, 0.25) is 10.0 Å². The predicted molar refractivity (Wildman–Crippen MR) is 151 cm³/mol. The molecule has 0 unspecified atom stereocenters. The van der Waals surface area contributed by atoms with E-state index in [0.29, 0.717) is 27.8 Å². The summed E-state index contributed by atoms with van der Waals surface area (Å²) in [6.07, 6.45) is -0.128. The second-order valence-electron chi connectivity index (χ2n) is 8.82. The van der Waals surface area contributed by atoms with Gasteiger partial charge in [-0.1, -0.05) is 41.4 Å². The number of amides is 1. The Bertz CT molecular complexity index is 1640. The highest BCUT2D eigenvalue weighted by Crippen LogP contribution is 2.34. The number of carbonyl (C=O) groups is 2. The molecule has 2 N–H and O–H groups in total. The summed E-state index contributed by atoms with van der Waals surface area (Å²) in [7, 11) is 0. The molecule has 3 aromatic carbocycles. The maximum Gasteiger partial charge on any atom is 0.305 e. The first-order valence-corrected chi connectivity index (χ1v) is 13.3. The minimum atomic E-state index is -0.960. The molecule has 7 nitrogen and oxygen atoms in total. The van der Waals surface area contributed by atoms with E-state index < -0.39 is 5.97 Å². The maximum atomic E-state index is 12.3. The molecule has 0 aliphatic carbocycles. The molecule has 0 saturated heterocycles. The van der Waals surface area contributed by atoms with Crippen LogP contribution in [0.1, 0.15) is 27.9 Å². The summed E-state index contributed by atoms with van der Waals surface area (Å²) in [4.78, 5) is 27.8. The monoisotopic (exact) mass is 564 g/mol. The Kier molecular flexibility index (Phi) is 7.46. The van der Waals surface area contributed by atoms with Crippen LogP contribution in [-0.2, 0) is 11.3 Å². The van der Waals surface area contributed by atoms with Crippen LogP contribution in [0.3, 0.4) is 0 Å². The molecule has 5 rings (SSSR count). The normalized spacial score (nSPS) is 11.1. The Morgan fingerprint density at radius 3 is 2.45 bits per heavy atom. The van der Waals surface area contributed by atoms with Gasteiger partial charge in [-0.05, 0) is 66.6 Å². The lowest BCUT2D eigenvalue weighted by atomic mass is 10.1. The van der Waals surface area contributed by atoms with Crippen LogP contribution in [0.15, 0.2) is 66.7 Å². The van der Waals surface area contributed by atoms with Crippen molar-refractivity contribution in [3.63, 3.8) is 0 Å². The SMILES string of the molecule is Cc1ccc2nc(-c3cc(-c4cc(Cl)cc(Cl)c4)nn3Cc3ccc(C(=O)NCCC(=O)O)cc3)sc2c1. The molecule has 0 radical (unpaired) electrons. The van der Waals surface area contributed by atoms with Gasteiger partial charge in [-0.2, -0.15) is 5.10 Å². The minimum absolute atomic E-state index is 0.0740. The van der Waals surface area contributed by atoms with E-state index in [1.807, 2.05) is 47.1 Å². The van der Waals surface area contributed by atoms with Crippen molar-refractivity contribution in [3.8, 4) is 22.0 Å². The number of thiazole rings is 1. The largest absolute Gasteiger partial charge is 0.481 e. The molecule has 0 aliphatic heterocycles. The average molecular weight is 565 g/mol. The van der Waals surface area contributed by atoms with Gasteiger partial charge in [0.05, 0.1) is 34.6 Å². The van der Waals surface area contributed by atoms with Crippen molar-refractivity contribution in [2.75, 3.05) is 6.54 Å². The van der Waals surface area contributed by atoms with E-state index >= 15 is 0 Å². The van der Waals surface area contributed by atoms with Crippen molar-refractivity contribution in [2.45, 2.75) is 19.9 Å². The van der Waals surface area contributed by atoms with Gasteiger partial charge in [-0.25, -0.2) is 4.98 Å². The van der Waals surface area contributed by atoms with Gasteiger partial charge in [0.25, 0.3) is 5.91 Å². The lowest BCUT2D eigenvalue weighted by molar-refractivity contribution is -0.136. The van der Waals surface area contributed by atoms with Gasteiger partial charge >= 0.3 is 5.97 Å². The van der Waals surface area contributed by atoms with Gasteiger partial charge in [-0.15, -0.1) is 11.3 Å². The molecule has 0 spiro atoms. The highest BCUT2D eigenvalue weighted by molar-refractivity contribution is 7.21.